The first-order valence-electron chi connectivity index (χ1n) is 9.44. The number of hydrogen-bond donors (Lipinski definition) is 1. The third-order valence-electron chi connectivity index (χ3n) is 5.32. The molecule has 2 N–H and O–H groups in total. The van der Waals surface area contributed by atoms with Gasteiger partial charge in [-0.25, -0.2) is 4.98 Å². The molecule has 3 heterocycles. The third-order valence-corrected chi connectivity index (χ3v) is 5.57. The van der Waals surface area contributed by atoms with Crippen molar-refractivity contribution in [3.63, 3.8) is 0 Å². The van der Waals surface area contributed by atoms with Crippen LogP contribution in [0.25, 0.3) is 38.8 Å². The van der Waals surface area contributed by atoms with Crippen LogP contribution in [0.2, 0.25) is 5.02 Å². The minimum absolute atomic E-state index is 0.233. The van der Waals surface area contributed by atoms with E-state index < -0.39 is 0 Å². The highest BCUT2D eigenvalue weighted by atomic mass is 35.5. The van der Waals surface area contributed by atoms with Crippen molar-refractivity contribution in [3.05, 3.63) is 81.9 Å². The Morgan fingerprint density at radius 1 is 1.03 bits per heavy atom. The fourth-order valence-corrected chi connectivity index (χ4v) is 3.94. The number of nitrogen functional groups attached to an aromatic ring is 1. The van der Waals surface area contributed by atoms with E-state index in [-0.39, 0.29) is 5.56 Å². The number of aromatic nitrogens is 4. The lowest BCUT2D eigenvalue weighted by molar-refractivity contribution is 0.797. The lowest BCUT2D eigenvalue weighted by atomic mass is 10.0. The van der Waals surface area contributed by atoms with Crippen LogP contribution in [0.15, 0.2) is 65.6 Å². The summed E-state index contributed by atoms with van der Waals surface area (Å²) in [6, 6.07) is 16.7. The van der Waals surface area contributed by atoms with Crippen LogP contribution >= 0.6 is 11.6 Å². The number of benzene rings is 2. The van der Waals surface area contributed by atoms with Gasteiger partial charge in [-0.05, 0) is 61.0 Å². The van der Waals surface area contributed by atoms with Crippen LogP contribution < -0.4 is 11.3 Å². The van der Waals surface area contributed by atoms with Gasteiger partial charge in [0, 0.05) is 28.5 Å². The van der Waals surface area contributed by atoms with E-state index in [0.717, 1.165) is 27.5 Å². The molecule has 5 aromatic rings. The van der Waals surface area contributed by atoms with E-state index in [1.165, 1.54) is 0 Å². The molecule has 5 rings (SSSR count). The number of hydrogen-bond acceptors (Lipinski definition) is 4. The van der Waals surface area contributed by atoms with Gasteiger partial charge < -0.3 is 5.73 Å². The summed E-state index contributed by atoms with van der Waals surface area (Å²) in [6.45, 7) is 1.89. The maximum atomic E-state index is 13.7. The van der Waals surface area contributed by atoms with Crippen LogP contribution in [0.5, 0.6) is 0 Å². The van der Waals surface area contributed by atoms with E-state index >= 15 is 0 Å². The molecule has 0 radical (unpaired) electrons. The lowest BCUT2D eigenvalue weighted by Crippen LogP contribution is -2.23. The first-order valence-corrected chi connectivity index (χ1v) is 9.82. The molecule has 0 aliphatic heterocycles. The first kappa shape index (κ1) is 18.4. The quantitative estimate of drug-likeness (QED) is 0.461. The van der Waals surface area contributed by atoms with Crippen LogP contribution in [0.1, 0.15) is 5.69 Å². The van der Waals surface area contributed by atoms with Gasteiger partial charge in [0.25, 0.3) is 5.56 Å². The summed E-state index contributed by atoms with van der Waals surface area (Å²) in [4.78, 5) is 18.4. The standard InChI is InChI=1S/C23H18ClN5O/c1-13-3-9-18-21(25)20(14-4-10-19-15(11-14)12-26-28(19)2)23(30)29(22(18)27-13)17-7-5-16(24)6-8-17/h3-12H,25H2,1-2H3. The molecule has 0 atom stereocenters. The Kier molecular flexibility index (Phi) is 4.11. The predicted octanol–water partition coefficient (Wildman–Crippen LogP) is 4.48. The maximum Gasteiger partial charge on any atom is 0.266 e. The minimum Gasteiger partial charge on any atom is -0.397 e. The van der Waals surface area contributed by atoms with Crippen molar-refractivity contribution in [1.82, 2.24) is 19.3 Å². The van der Waals surface area contributed by atoms with Gasteiger partial charge in [0.15, 0.2) is 0 Å². The first-order chi connectivity index (χ1) is 14.4. The molecule has 30 heavy (non-hydrogen) atoms. The average molecular weight is 416 g/mol. The minimum atomic E-state index is -0.233. The van der Waals surface area contributed by atoms with E-state index in [1.54, 1.807) is 39.7 Å². The molecular weight excluding hydrogens is 398 g/mol. The molecule has 2 aromatic carbocycles. The van der Waals surface area contributed by atoms with Crippen molar-refractivity contribution in [1.29, 1.82) is 0 Å². The molecule has 6 nitrogen and oxygen atoms in total. The summed E-state index contributed by atoms with van der Waals surface area (Å²) in [7, 11) is 1.88. The molecule has 0 unspecified atom stereocenters. The lowest BCUT2D eigenvalue weighted by Gasteiger charge is -2.16. The number of pyridine rings is 2. The molecule has 0 fully saturated rings. The van der Waals surface area contributed by atoms with Gasteiger partial charge in [-0.2, -0.15) is 5.10 Å². The third kappa shape index (κ3) is 2.76. The molecule has 0 saturated heterocycles. The van der Waals surface area contributed by atoms with E-state index in [2.05, 4.69) is 10.1 Å². The second kappa shape index (κ2) is 6.71. The molecule has 3 aromatic heterocycles. The number of nitrogens with two attached hydrogens (primary N) is 1. The molecule has 0 aliphatic carbocycles. The Balaban J connectivity index is 1.89. The SMILES string of the molecule is Cc1ccc2c(N)c(-c3ccc4c(cnn4C)c3)c(=O)n(-c3ccc(Cl)cc3)c2n1. The van der Waals surface area contributed by atoms with Crippen molar-refractivity contribution in [2.45, 2.75) is 6.92 Å². The Morgan fingerprint density at radius 2 is 1.80 bits per heavy atom. The van der Waals surface area contributed by atoms with Crippen LogP contribution in [-0.2, 0) is 7.05 Å². The van der Waals surface area contributed by atoms with Gasteiger partial charge in [0.05, 0.1) is 28.7 Å². The van der Waals surface area contributed by atoms with E-state index in [9.17, 15) is 4.79 Å². The molecule has 7 heteroatoms. The molecule has 148 valence electrons. The summed E-state index contributed by atoms with van der Waals surface area (Å²) in [5.41, 5.74) is 10.9. The monoisotopic (exact) mass is 415 g/mol. The van der Waals surface area contributed by atoms with E-state index in [4.69, 9.17) is 17.3 Å². The molecular formula is C23H18ClN5O. The zero-order valence-corrected chi connectivity index (χ0v) is 17.2. The highest BCUT2D eigenvalue weighted by Crippen LogP contribution is 2.32. The second-order valence-electron chi connectivity index (χ2n) is 7.27. The zero-order chi connectivity index (χ0) is 21.0. The maximum absolute atomic E-state index is 13.7. The highest BCUT2D eigenvalue weighted by molar-refractivity contribution is 6.30. The van der Waals surface area contributed by atoms with E-state index in [0.29, 0.717) is 27.6 Å². The van der Waals surface area contributed by atoms with Gasteiger partial charge in [-0.1, -0.05) is 17.7 Å². The van der Waals surface area contributed by atoms with Crippen LogP contribution in [-0.4, -0.2) is 19.3 Å². The number of nitrogens with zero attached hydrogens (tertiary/aromatic N) is 4. The van der Waals surface area contributed by atoms with Gasteiger partial charge >= 0.3 is 0 Å². The van der Waals surface area contributed by atoms with E-state index in [1.807, 2.05) is 44.3 Å². The van der Waals surface area contributed by atoms with Gasteiger partial charge in [0.1, 0.15) is 5.65 Å². The normalized spacial score (nSPS) is 11.4. The van der Waals surface area contributed by atoms with Crippen LogP contribution in [0.4, 0.5) is 5.69 Å². The Hall–Kier alpha value is -3.64. The zero-order valence-electron chi connectivity index (χ0n) is 16.4. The highest BCUT2D eigenvalue weighted by Gasteiger charge is 2.19. The molecule has 0 bridgehead atoms. The number of fused-ring (bicyclic) bond motifs is 2. The smallest absolute Gasteiger partial charge is 0.266 e. The van der Waals surface area contributed by atoms with Crippen molar-refractivity contribution >= 4 is 39.2 Å². The summed E-state index contributed by atoms with van der Waals surface area (Å²) in [6.07, 6.45) is 1.78. The Morgan fingerprint density at radius 3 is 2.57 bits per heavy atom. The van der Waals surface area contributed by atoms with Gasteiger partial charge in [0.2, 0.25) is 0 Å². The molecule has 0 amide bonds. The molecule has 0 saturated carbocycles. The molecule has 0 aliphatic rings. The largest absolute Gasteiger partial charge is 0.397 e. The fourth-order valence-electron chi connectivity index (χ4n) is 3.81. The van der Waals surface area contributed by atoms with Gasteiger partial charge in [-0.3, -0.25) is 14.0 Å². The van der Waals surface area contributed by atoms with Crippen molar-refractivity contribution in [3.8, 4) is 16.8 Å². The fraction of sp³-hybridized carbons (Fsp3) is 0.0870. The summed E-state index contributed by atoms with van der Waals surface area (Å²) >= 11 is 6.06. The van der Waals surface area contributed by atoms with Crippen LogP contribution in [0, 0.1) is 6.92 Å². The van der Waals surface area contributed by atoms with Crippen molar-refractivity contribution in [2.75, 3.05) is 5.73 Å². The van der Waals surface area contributed by atoms with Gasteiger partial charge in [-0.15, -0.1) is 0 Å². The number of halogens is 1. The Bertz CT molecular complexity index is 1500. The summed E-state index contributed by atoms with van der Waals surface area (Å²) in [5.74, 6) is 0. The predicted molar refractivity (Wildman–Crippen MR) is 121 cm³/mol. The van der Waals surface area contributed by atoms with Crippen LogP contribution in [0.3, 0.4) is 0 Å². The van der Waals surface area contributed by atoms with Crippen molar-refractivity contribution < 1.29 is 0 Å². The second-order valence-corrected chi connectivity index (χ2v) is 7.71. The number of aryl methyl sites for hydroxylation is 2. The number of rotatable bonds is 2. The summed E-state index contributed by atoms with van der Waals surface area (Å²) < 4.78 is 3.39. The number of anilines is 1. The Labute approximate surface area is 177 Å². The van der Waals surface area contributed by atoms with Crippen molar-refractivity contribution in [2.24, 2.45) is 7.05 Å². The summed E-state index contributed by atoms with van der Waals surface area (Å²) in [5, 5.41) is 6.54. The average Bonchev–Trinajstić information content (AvgIpc) is 3.09. The molecule has 0 spiro atoms. The topological polar surface area (TPSA) is 78.7 Å².